The highest BCUT2D eigenvalue weighted by Gasteiger charge is 2.30. The third kappa shape index (κ3) is 5.56. The van der Waals surface area contributed by atoms with Crippen LogP contribution >= 0.6 is 0 Å². The van der Waals surface area contributed by atoms with Crippen molar-refractivity contribution in [3.8, 4) is 5.75 Å². The van der Waals surface area contributed by atoms with Crippen LogP contribution < -0.4 is 5.32 Å². The molecule has 0 saturated carbocycles. The summed E-state index contributed by atoms with van der Waals surface area (Å²) in [5.41, 5.74) is 1.09. The monoisotopic (exact) mass is 376 g/mol. The van der Waals surface area contributed by atoms with Crippen molar-refractivity contribution >= 4 is 9.84 Å². The van der Waals surface area contributed by atoms with Crippen LogP contribution in [0.1, 0.15) is 19.4 Å². The van der Waals surface area contributed by atoms with Gasteiger partial charge in [0.15, 0.2) is 9.84 Å². The second kappa shape index (κ2) is 9.16. The molecule has 2 aromatic rings. The van der Waals surface area contributed by atoms with Crippen LogP contribution in [-0.2, 0) is 16.3 Å². The molecule has 0 fully saturated rings. The highest BCUT2D eigenvalue weighted by atomic mass is 32.2. The van der Waals surface area contributed by atoms with Gasteiger partial charge in [0.05, 0.1) is 11.0 Å². The number of phenolic OH excluding ortho intramolecular Hbond substituents is 1. The van der Waals surface area contributed by atoms with Gasteiger partial charge in [-0.1, -0.05) is 44.2 Å². The van der Waals surface area contributed by atoms with Gasteiger partial charge < -0.3 is 10.2 Å². The molecule has 6 heteroatoms. The summed E-state index contributed by atoms with van der Waals surface area (Å²) in [5, 5.41) is 21.7. The molecule has 2 rings (SSSR count). The number of hydrogen-bond acceptors (Lipinski definition) is 5. The fourth-order valence-corrected chi connectivity index (χ4v) is 4.53. The Balaban J connectivity index is 1.98. The molecule has 3 N–H and O–H groups in total. The van der Waals surface area contributed by atoms with Crippen molar-refractivity contribution in [1.82, 2.24) is 5.32 Å². The Morgan fingerprint density at radius 2 is 1.65 bits per heavy atom. The van der Waals surface area contributed by atoms with E-state index in [4.69, 9.17) is 0 Å². The van der Waals surface area contributed by atoms with Crippen LogP contribution in [0, 0.1) is 12.3 Å². The smallest absolute Gasteiger partial charge is 0.194 e. The molecule has 0 aromatic heterocycles. The van der Waals surface area contributed by atoms with Crippen molar-refractivity contribution in [3.63, 3.8) is 0 Å². The van der Waals surface area contributed by atoms with Crippen LogP contribution in [0.15, 0.2) is 59.5 Å². The molecule has 0 amide bonds. The van der Waals surface area contributed by atoms with Gasteiger partial charge in [0.1, 0.15) is 11.1 Å². The first-order valence-electron chi connectivity index (χ1n) is 8.62. The van der Waals surface area contributed by atoms with E-state index >= 15 is 0 Å². The molecule has 0 aliphatic carbocycles. The molecular formula is C20H26NO4S. The molecule has 2 aromatic carbocycles. The third-order valence-corrected chi connectivity index (χ3v) is 6.41. The zero-order valence-electron chi connectivity index (χ0n) is 15.0. The number of rotatable bonds is 9. The first-order chi connectivity index (χ1) is 12.3. The normalized spacial score (nSPS) is 14.3. The van der Waals surface area contributed by atoms with Crippen molar-refractivity contribution in [1.29, 1.82) is 0 Å². The number of benzene rings is 2. The maximum Gasteiger partial charge on any atom is 0.194 e. The fraction of sp³-hybridized carbons (Fsp3) is 0.350. The summed E-state index contributed by atoms with van der Waals surface area (Å²) in [6, 6.07) is 15.2. The van der Waals surface area contributed by atoms with Crippen LogP contribution in [0.25, 0.3) is 0 Å². The highest BCUT2D eigenvalue weighted by Crippen LogP contribution is 2.22. The molecule has 5 nitrogen and oxygen atoms in total. The highest BCUT2D eigenvalue weighted by molar-refractivity contribution is 7.92. The second-order valence-electron chi connectivity index (χ2n) is 6.60. The molecule has 0 saturated heterocycles. The van der Waals surface area contributed by atoms with Gasteiger partial charge >= 0.3 is 0 Å². The average molecular weight is 376 g/mol. The lowest BCUT2D eigenvalue weighted by Crippen LogP contribution is -2.44. The number of nitrogens with one attached hydrogen (secondary N) is 1. The summed E-state index contributed by atoms with van der Waals surface area (Å²) < 4.78 is 25.7. The first-order valence-corrected chi connectivity index (χ1v) is 10.2. The average Bonchev–Trinajstić information content (AvgIpc) is 2.61. The summed E-state index contributed by atoms with van der Waals surface area (Å²) in [6.45, 7) is 3.78. The standard InChI is InChI=1S/C20H26NO4S/c1-15(2)20(26(24,25)19-12-10-17(22)11-13-19)21-14-18(23)9-8-16-6-4-3-5-7-16/h3-7,9-13,15,18,20-23H,8,14H2,1-2H3/t18-,20+/m1/s1. The molecular weight excluding hydrogens is 350 g/mol. The molecule has 0 aliphatic rings. The summed E-state index contributed by atoms with van der Waals surface area (Å²) in [4.78, 5) is 0.143. The maximum atomic E-state index is 12.8. The Morgan fingerprint density at radius 1 is 1.04 bits per heavy atom. The quantitative estimate of drug-likeness (QED) is 0.626. The minimum absolute atomic E-state index is 0.0175. The zero-order valence-corrected chi connectivity index (χ0v) is 15.9. The minimum Gasteiger partial charge on any atom is -0.508 e. The van der Waals surface area contributed by atoms with Crippen molar-refractivity contribution in [2.75, 3.05) is 6.54 Å². The largest absolute Gasteiger partial charge is 0.508 e. The van der Waals surface area contributed by atoms with Gasteiger partial charge in [-0.15, -0.1) is 0 Å². The van der Waals surface area contributed by atoms with E-state index in [1.807, 2.05) is 44.2 Å². The van der Waals surface area contributed by atoms with Crippen molar-refractivity contribution in [2.24, 2.45) is 5.92 Å². The molecule has 0 heterocycles. The number of hydrogen-bond donors (Lipinski definition) is 3. The van der Waals surface area contributed by atoms with E-state index in [0.29, 0.717) is 6.42 Å². The van der Waals surface area contributed by atoms with Crippen molar-refractivity contribution < 1.29 is 18.6 Å². The van der Waals surface area contributed by atoms with Gasteiger partial charge in [0.2, 0.25) is 0 Å². The molecule has 26 heavy (non-hydrogen) atoms. The molecule has 0 spiro atoms. The van der Waals surface area contributed by atoms with Crippen LogP contribution in [0.4, 0.5) is 0 Å². The van der Waals surface area contributed by atoms with Crippen LogP contribution in [0.5, 0.6) is 5.75 Å². The molecule has 1 radical (unpaired) electrons. The Bertz CT molecular complexity index is 773. The van der Waals surface area contributed by atoms with Crippen molar-refractivity contribution in [2.45, 2.75) is 36.6 Å². The lowest BCUT2D eigenvalue weighted by Gasteiger charge is -2.24. The summed E-state index contributed by atoms with van der Waals surface area (Å²) in [6.07, 6.45) is 1.61. The van der Waals surface area contributed by atoms with E-state index in [-0.39, 0.29) is 23.1 Å². The molecule has 141 valence electrons. The van der Waals surface area contributed by atoms with Gasteiger partial charge in [-0.25, -0.2) is 8.42 Å². The lowest BCUT2D eigenvalue weighted by atomic mass is 10.1. The lowest BCUT2D eigenvalue weighted by molar-refractivity contribution is 0.196. The number of aromatic hydroxyl groups is 1. The SMILES string of the molecule is CC(C)[C@@H](NC[C@H](O)[CH]Cc1ccccc1)S(=O)(=O)c1ccc(O)cc1. The van der Waals surface area contributed by atoms with Gasteiger partial charge in [0.25, 0.3) is 0 Å². The van der Waals surface area contributed by atoms with E-state index in [0.717, 1.165) is 5.56 Å². The Morgan fingerprint density at radius 3 is 2.23 bits per heavy atom. The van der Waals surface area contributed by atoms with E-state index < -0.39 is 21.3 Å². The molecule has 0 bridgehead atoms. The summed E-state index contributed by atoms with van der Waals surface area (Å²) in [7, 11) is -3.63. The molecule has 0 aliphatic heterocycles. The first kappa shape index (κ1) is 20.4. The van der Waals surface area contributed by atoms with Crippen molar-refractivity contribution in [3.05, 3.63) is 66.6 Å². The summed E-state index contributed by atoms with van der Waals surface area (Å²) in [5.74, 6) is -0.168. The van der Waals surface area contributed by atoms with Gasteiger partial charge in [-0.2, -0.15) is 0 Å². The predicted octanol–water partition coefficient (Wildman–Crippen LogP) is 2.55. The van der Waals surface area contributed by atoms with Crippen LogP contribution in [-0.4, -0.2) is 36.7 Å². The van der Waals surface area contributed by atoms with Crippen LogP contribution in [0.3, 0.4) is 0 Å². The van der Waals surface area contributed by atoms with E-state index in [9.17, 15) is 18.6 Å². The Kier molecular flexibility index (Phi) is 7.20. The Labute approximate surface area is 155 Å². The van der Waals surface area contributed by atoms with Gasteiger partial charge in [0, 0.05) is 6.54 Å². The van der Waals surface area contributed by atoms with E-state index in [1.54, 1.807) is 6.42 Å². The number of aliphatic hydroxyl groups excluding tert-OH is 1. The maximum absolute atomic E-state index is 12.8. The topological polar surface area (TPSA) is 86.6 Å². The zero-order chi connectivity index (χ0) is 19.2. The molecule has 2 atom stereocenters. The number of sulfone groups is 1. The Hall–Kier alpha value is -1.89. The predicted molar refractivity (Wildman–Crippen MR) is 102 cm³/mol. The fourth-order valence-electron chi connectivity index (χ4n) is 2.69. The number of phenols is 1. The third-order valence-electron chi connectivity index (χ3n) is 4.10. The summed E-state index contributed by atoms with van der Waals surface area (Å²) >= 11 is 0. The van der Waals surface area contributed by atoms with E-state index in [1.165, 1.54) is 24.3 Å². The van der Waals surface area contributed by atoms with Crippen LogP contribution in [0.2, 0.25) is 0 Å². The second-order valence-corrected chi connectivity index (χ2v) is 8.67. The van der Waals surface area contributed by atoms with E-state index in [2.05, 4.69) is 5.32 Å². The van der Waals surface area contributed by atoms with Gasteiger partial charge in [-0.05, 0) is 48.6 Å². The minimum atomic E-state index is -3.63. The number of aliphatic hydroxyl groups is 1. The van der Waals surface area contributed by atoms with Gasteiger partial charge in [-0.3, -0.25) is 5.32 Å². The molecule has 0 unspecified atom stereocenters.